The molecule has 3 heteroatoms. The summed E-state index contributed by atoms with van der Waals surface area (Å²) in [5.41, 5.74) is 0.988. The Morgan fingerprint density at radius 3 is 2.94 bits per heavy atom. The van der Waals surface area contributed by atoms with Crippen molar-refractivity contribution < 1.29 is 4.39 Å². The third kappa shape index (κ3) is 3.73. The third-order valence-corrected chi connectivity index (χ3v) is 2.16. The van der Waals surface area contributed by atoms with Crippen molar-refractivity contribution in [3.8, 4) is 18.4 Å². The lowest BCUT2D eigenvalue weighted by Gasteiger charge is -2.04. The SMILES string of the molecule is C#CCCCNCc1ccc(F)c(C#N)c1. The summed E-state index contributed by atoms with van der Waals surface area (Å²) in [6.07, 6.45) is 6.79. The van der Waals surface area contributed by atoms with Crippen LogP contribution in [-0.4, -0.2) is 6.54 Å². The molecular weight excluding hydrogens is 203 g/mol. The molecule has 0 aliphatic heterocycles. The highest BCUT2D eigenvalue weighted by Crippen LogP contribution is 2.09. The van der Waals surface area contributed by atoms with Crippen LogP contribution >= 0.6 is 0 Å². The van der Waals surface area contributed by atoms with Gasteiger partial charge in [-0.1, -0.05) is 6.07 Å². The van der Waals surface area contributed by atoms with Crippen LogP contribution in [0.4, 0.5) is 4.39 Å². The van der Waals surface area contributed by atoms with Crippen molar-refractivity contribution in [3.05, 3.63) is 35.1 Å². The minimum Gasteiger partial charge on any atom is -0.313 e. The lowest BCUT2D eigenvalue weighted by atomic mass is 10.1. The summed E-state index contributed by atoms with van der Waals surface area (Å²) in [5.74, 6) is 2.09. The molecule has 1 aromatic carbocycles. The van der Waals surface area contributed by atoms with Crippen molar-refractivity contribution in [1.82, 2.24) is 5.32 Å². The van der Waals surface area contributed by atoms with Crippen LogP contribution in [0.2, 0.25) is 0 Å². The first kappa shape index (κ1) is 12.2. The molecule has 0 aromatic heterocycles. The summed E-state index contributed by atoms with van der Waals surface area (Å²) in [6.45, 7) is 1.45. The molecule has 0 aliphatic rings. The maximum atomic E-state index is 13.0. The molecule has 0 saturated carbocycles. The molecule has 0 amide bonds. The van der Waals surface area contributed by atoms with E-state index < -0.39 is 5.82 Å². The standard InChI is InChI=1S/C13H13FN2/c1-2-3-4-7-16-10-11-5-6-13(14)12(8-11)9-15/h1,5-6,8,16H,3-4,7,10H2. The summed E-state index contributed by atoms with van der Waals surface area (Å²) in [4.78, 5) is 0. The molecule has 0 fully saturated rings. The molecule has 0 radical (unpaired) electrons. The molecule has 0 saturated heterocycles. The Labute approximate surface area is 95.1 Å². The van der Waals surface area contributed by atoms with Gasteiger partial charge in [-0.2, -0.15) is 5.26 Å². The van der Waals surface area contributed by atoms with Crippen molar-refractivity contribution in [2.45, 2.75) is 19.4 Å². The Balaban J connectivity index is 2.44. The molecule has 0 heterocycles. The molecule has 2 nitrogen and oxygen atoms in total. The summed E-state index contributed by atoms with van der Waals surface area (Å²) in [5, 5.41) is 11.8. The van der Waals surface area contributed by atoms with Crippen LogP contribution in [-0.2, 0) is 6.54 Å². The quantitative estimate of drug-likeness (QED) is 0.605. The number of terminal acetylenes is 1. The molecule has 0 aliphatic carbocycles. The van der Waals surface area contributed by atoms with Gasteiger partial charge in [-0.05, 0) is 30.7 Å². The van der Waals surface area contributed by atoms with E-state index in [0.717, 1.165) is 24.9 Å². The Hall–Kier alpha value is -1.84. The molecule has 82 valence electrons. The van der Waals surface area contributed by atoms with Gasteiger partial charge >= 0.3 is 0 Å². The molecule has 0 unspecified atom stereocenters. The fourth-order valence-corrected chi connectivity index (χ4v) is 1.32. The molecule has 1 rings (SSSR count). The van der Waals surface area contributed by atoms with Gasteiger partial charge in [0.05, 0.1) is 5.56 Å². The lowest BCUT2D eigenvalue weighted by Crippen LogP contribution is -2.14. The van der Waals surface area contributed by atoms with Crippen LogP contribution < -0.4 is 5.32 Å². The van der Waals surface area contributed by atoms with E-state index in [-0.39, 0.29) is 5.56 Å². The van der Waals surface area contributed by atoms with Crippen LogP contribution in [0.1, 0.15) is 24.0 Å². The number of nitriles is 1. The van der Waals surface area contributed by atoms with E-state index in [1.165, 1.54) is 6.07 Å². The van der Waals surface area contributed by atoms with Gasteiger partial charge in [0.25, 0.3) is 0 Å². The minimum atomic E-state index is -0.474. The lowest BCUT2D eigenvalue weighted by molar-refractivity contribution is 0.619. The molecule has 16 heavy (non-hydrogen) atoms. The second-order valence-electron chi connectivity index (χ2n) is 3.41. The van der Waals surface area contributed by atoms with Gasteiger partial charge in [0.1, 0.15) is 11.9 Å². The van der Waals surface area contributed by atoms with Gasteiger partial charge in [-0.25, -0.2) is 4.39 Å². The number of halogens is 1. The van der Waals surface area contributed by atoms with E-state index >= 15 is 0 Å². The van der Waals surface area contributed by atoms with Gasteiger partial charge in [-0.15, -0.1) is 12.3 Å². The topological polar surface area (TPSA) is 35.8 Å². The zero-order chi connectivity index (χ0) is 11.8. The van der Waals surface area contributed by atoms with Gasteiger partial charge in [0, 0.05) is 13.0 Å². The van der Waals surface area contributed by atoms with Crippen molar-refractivity contribution in [1.29, 1.82) is 5.26 Å². The monoisotopic (exact) mass is 216 g/mol. The number of benzene rings is 1. The number of hydrogen-bond acceptors (Lipinski definition) is 2. The van der Waals surface area contributed by atoms with Crippen molar-refractivity contribution in [2.75, 3.05) is 6.54 Å². The Bertz CT molecular complexity index is 427. The second kappa shape index (κ2) is 6.61. The highest BCUT2D eigenvalue weighted by atomic mass is 19.1. The number of nitrogens with one attached hydrogen (secondary N) is 1. The van der Waals surface area contributed by atoms with E-state index in [0.29, 0.717) is 6.54 Å². The highest BCUT2D eigenvalue weighted by Gasteiger charge is 2.01. The van der Waals surface area contributed by atoms with Crippen LogP contribution in [0, 0.1) is 29.5 Å². The largest absolute Gasteiger partial charge is 0.313 e. The average molecular weight is 216 g/mol. The summed E-state index contributed by atoms with van der Waals surface area (Å²) in [7, 11) is 0. The summed E-state index contributed by atoms with van der Waals surface area (Å²) >= 11 is 0. The van der Waals surface area contributed by atoms with E-state index in [9.17, 15) is 4.39 Å². The van der Waals surface area contributed by atoms with Crippen molar-refractivity contribution >= 4 is 0 Å². The molecule has 1 aromatic rings. The second-order valence-corrected chi connectivity index (χ2v) is 3.41. The van der Waals surface area contributed by atoms with E-state index in [4.69, 9.17) is 11.7 Å². The first-order valence-corrected chi connectivity index (χ1v) is 5.10. The molecule has 0 bridgehead atoms. The summed E-state index contributed by atoms with van der Waals surface area (Å²) < 4.78 is 13.0. The Morgan fingerprint density at radius 1 is 1.44 bits per heavy atom. The third-order valence-electron chi connectivity index (χ3n) is 2.16. The first-order chi connectivity index (χ1) is 7.77. The minimum absolute atomic E-state index is 0.0860. The predicted molar refractivity (Wildman–Crippen MR) is 60.9 cm³/mol. The first-order valence-electron chi connectivity index (χ1n) is 5.10. The maximum absolute atomic E-state index is 13.0. The van der Waals surface area contributed by atoms with Gasteiger partial charge in [0.2, 0.25) is 0 Å². The van der Waals surface area contributed by atoms with Crippen LogP contribution in [0.15, 0.2) is 18.2 Å². The zero-order valence-electron chi connectivity index (χ0n) is 8.96. The Kier molecular flexibility index (Phi) is 5.05. The zero-order valence-corrected chi connectivity index (χ0v) is 8.96. The van der Waals surface area contributed by atoms with Crippen LogP contribution in [0.3, 0.4) is 0 Å². The Morgan fingerprint density at radius 2 is 2.25 bits per heavy atom. The van der Waals surface area contributed by atoms with Crippen molar-refractivity contribution in [2.24, 2.45) is 0 Å². The van der Waals surface area contributed by atoms with Gasteiger partial charge in [-0.3, -0.25) is 0 Å². The average Bonchev–Trinajstić information content (AvgIpc) is 2.31. The fraction of sp³-hybridized carbons (Fsp3) is 0.308. The van der Waals surface area contributed by atoms with Crippen LogP contribution in [0.5, 0.6) is 0 Å². The van der Waals surface area contributed by atoms with Crippen molar-refractivity contribution in [3.63, 3.8) is 0 Å². The number of nitrogens with zero attached hydrogens (tertiary/aromatic N) is 1. The maximum Gasteiger partial charge on any atom is 0.140 e. The number of unbranched alkanes of at least 4 members (excludes halogenated alkanes) is 1. The van der Waals surface area contributed by atoms with E-state index in [2.05, 4.69) is 11.2 Å². The molecule has 0 spiro atoms. The van der Waals surface area contributed by atoms with Crippen LogP contribution in [0.25, 0.3) is 0 Å². The smallest absolute Gasteiger partial charge is 0.140 e. The summed E-state index contributed by atoms with van der Waals surface area (Å²) in [6, 6.07) is 6.36. The fourth-order valence-electron chi connectivity index (χ4n) is 1.32. The van der Waals surface area contributed by atoms with E-state index in [1.807, 2.05) is 6.07 Å². The van der Waals surface area contributed by atoms with E-state index in [1.54, 1.807) is 12.1 Å². The number of rotatable bonds is 5. The van der Waals surface area contributed by atoms with Gasteiger partial charge < -0.3 is 5.32 Å². The molecule has 0 atom stereocenters. The molecule has 1 N–H and O–H groups in total. The predicted octanol–water partition coefficient (Wildman–Crippen LogP) is 2.20. The highest BCUT2D eigenvalue weighted by molar-refractivity contribution is 5.34. The normalized spacial score (nSPS) is 9.44. The number of hydrogen-bond donors (Lipinski definition) is 1. The van der Waals surface area contributed by atoms with Gasteiger partial charge in [0.15, 0.2) is 0 Å². The molecular formula is C13H13FN2.